The molecule has 19 heavy (non-hydrogen) atoms. The van der Waals surface area contributed by atoms with E-state index in [9.17, 15) is 0 Å². The Balaban J connectivity index is 1.94. The van der Waals surface area contributed by atoms with Crippen molar-refractivity contribution >= 4 is 16.5 Å². The number of benzene rings is 1. The summed E-state index contributed by atoms with van der Waals surface area (Å²) in [7, 11) is 0. The molecule has 1 aromatic carbocycles. The Morgan fingerprint density at radius 3 is 2.89 bits per heavy atom. The highest BCUT2D eigenvalue weighted by atomic mass is 32.1. The van der Waals surface area contributed by atoms with Gasteiger partial charge in [-0.25, -0.2) is 0 Å². The van der Waals surface area contributed by atoms with Crippen molar-refractivity contribution in [3.05, 3.63) is 34.3 Å². The van der Waals surface area contributed by atoms with E-state index in [0.717, 1.165) is 34.4 Å². The number of aromatic nitrogens is 2. The summed E-state index contributed by atoms with van der Waals surface area (Å²) in [5, 5.41) is 13.2. The Bertz CT molecular complexity index is 539. The van der Waals surface area contributed by atoms with Gasteiger partial charge in [-0.3, -0.25) is 0 Å². The zero-order valence-electron chi connectivity index (χ0n) is 11.6. The fourth-order valence-corrected chi connectivity index (χ4v) is 2.30. The standard InChI is InChI=1S/C14H19N3OS/c1-4-7-15-14-17-16-13(19-14)9-18-12-8-10(2)5-6-11(12)3/h5-6,8H,4,7,9H2,1-3H3,(H,15,17). The first-order valence-electron chi connectivity index (χ1n) is 6.45. The lowest BCUT2D eigenvalue weighted by molar-refractivity contribution is 0.302. The van der Waals surface area contributed by atoms with Gasteiger partial charge in [0.15, 0.2) is 5.01 Å². The highest BCUT2D eigenvalue weighted by molar-refractivity contribution is 7.15. The number of hydrogen-bond donors (Lipinski definition) is 1. The molecule has 0 saturated heterocycles. The lowest BCUT2D eigenvalue weighted by atomic mass is 10.1. The summed E-state index contributed by atoms with van der Waals surface area (Å²) in [4.78, 5) is 0. The third-order valence-electron chi connectivity index (χ3n) is 2.69. The van der Waals surface area contributed by atoms with E-state index in [2.05, 4.69) is 41.5 Å². The number of ether oxygens (including phenoxy) is 1. The van der Waals surface area contributed by atoms with Crippen LogP contribution in [0.2, 0.25) is 0 Å². The molecule has 1 heterocycles. The van der Waals surface area contributed by atoms with Gasteiger partial charge < -0.3 is 10.1 Å². The maximum atomic E-state index is 5.80. The molecule has 0 radical (unpaired) electrons. The molecule has 0 spiro atoms. The van der Waals surface area contributed by atoms with E-state index in [1.165, 1.54) is 5.56 Å². The maximum Gasteiger partial charge on any atom is 0.205 e. The molecule has 0 amide bonds. The first-order valence-corrected chi connectivity index (χ1v) is 7.27. The predicted octanol–water partition coefficient (Wildman–Crippen LogP) is 3.56. The summed E-state index contributed by atoms with van der Waals surface area (Å²) in [6, 6.07) is 6.20. The number of rotatable bonds is 6. The number of nitrogens with zero attached hydrogens (tertiary/aromatic N) is 2. The first kappa shape index (κ1) is 13.8. The number of anilines is 1. The van der Waals surface area contributed by atoms with Gasteiger partial charge in [0, 0.05) is 6.54 Å². The van der Waals surface area contributed by atoms with Crippen LogP contribution in [0, 0.1) is 13.8 Å². The molecule has 0 aliphatic rings. The van der Waals surface area contributed by atoms with Crippen molar-refractivity contribution in [2.24, 2.45) is 0 Å². The smallest absolute Gasteiger partial charge is 0.205 e. The molecule has 0 aliphatic carbocycles. The molecule has 1 N–H and O–H groups in total. The molecule has 0 saturated carbocycles. The van der Waals surface area contributed by atoms with Crippen LogP contribution in [0.3, 0.4) is 0 Å². The van der Waals surface area contributed by atoms with Gasteiger partial charge in [-0.2, -0.15) is 0 Å². The van der Waals surface area contributed by atoms with Crippen LogP contribution in [0.15, 0.2) is 18.2 Å². The van der Waals surface area contributed by atoms with E-state index in [0.29, 0.717) is 6.61 Å². The van der Waals surface area contributed by atoms with Crippen LogP contribution < -0.4 is 10.1 Å². The quantitative estimate of drug-likeness (QED) is 0.877. The van der Waals surface area contributed by atoms with E-state index < -0.39 is 0 Å². The Morgan fingerprint density at radius 2 is 2.11 bits per heavy atom. The number of hydrogen-bond acceptors (Lipinski definition) is 5. The van der Waals surface area contributed by atoms with E-state index >= 15 is 0 Å². The zero-order chi connectivity index (χ0) is 13.7. The Labute approximate surface area is 117 Å². The van der Waals surface area contributed by atoms with Crippen LogP contribution in [0.5, 0.6) is 5.75 Å². The van der Waals surface area contributed by atoms with Crippen LogP contribution in [0.25, 0.3) is 0 Å². The van der Waals surface area contributed by atoms with Crippen LogP contribution in [0.4, 0.5) is 5.13 Å². The summed E-state index contributed by atoms with van der Waals surface area (Å²) >= 11 is 1.54. The Hall–Kier alpha value is -1.62. The van der Waals surface area contributed by atoms with Gasteiger partial charge >= 0.3 is 0 Å². The minimum absolute atomic E-state index is 0.468. The van der Waals surface area contributed by atoms with E-state index in [1.807, 2.05) is 13.0 Å². The average Bonchev–Trinajstić information content (AvgIpc) is 2.85. The summed E-state index contributed by atoms with van der Waals surface area (Å²) in [6.07, 6.45) is 1.08. The largest absolute Gasteiger partial charge is 0.486 e. The molecule has 2 rings (SSSR count). The predicted molar refractivity (Wildman–Crippen MR) is 78.9 cm³/mol. The normalized spacial score (nSPS) is 10.5. The second-order valence-corrected chi connectivity index (χ2v) is 5.55. The fraction of sp³-hybridized carbons (Fsp3) is 0.429. The second kappa shape index (κ2) is 6.52. The molecule has 0 atom stereocenters. The van der Waals surface area contributed by atoms with Crippen LogP contribution >= 0.6 is 11.3 Å². The lowest BCUT2D eigenvalue weighted by Gasteiger charge is -2.07. The lowest BCUT2D eigenvalue weighted by Crippen LogP contribution is -1.98. The first-order chi connectivity index (χ1) is 9.19. The highest BCUT2D eigenvalue weighted by Gasteiger charge is 2.06. The molecule has 0 bridgehead atoms. The van der Waals surface area contributed by atoms with Gasteiger partial charge in [0.25, 0.3) is 0 Å². The van der Waals surface area contributed by atoms with Gasteiger partial charge in [0.2, 0.25) is 5.13 Å². The number of nitrogens with one attached hydrogen (secondary N) is 1. The van der Waals surface area contributed by atoms with Crippen molar-refractivity contribution in [1.82, 2.24) is 10.2 Å². The SMILES string of the molecule is CCCNc1nnc(COc2cc(C)ccc2C)s1. The molecule has 0 unspecified atom stereocenters. The van der Waals surface area contributed by atoms with Gasteiger partial charge in [0.05, 0.1) is 0 Å². The Morgan fingerprint density at radius 1 is 1.26 bits per heavy atom. The molecule has 0 aliphatic heterocycles. The van der Waals surface area contributed by atoms with E-state index in [-0.39, 0.29) is 0 Å². The summed E-state index contributed by atoms with van der Waals surface area (Å²) in [5.41, 5.74) is 2.34. The van der Waals surface area contributed by atoms with Crippen molar-refractivity contribution in [1.29, 1.82) is 0 Å². The minimum atomic E-state index is 0.468. The Kier molecular flexibility index (Phi) is 4.74. The van der Waals surface area contributed by atoms with Crippen molar-refractivity contribution in [3.63, 3.8) is 0 Å². The summed E-state index contributed by atoms with van der Waals surface area (Å²) in [6.45, 7) is 7.62. The second-order valence-electron chi connectivity index (χ2n) is 4.49. The van der Waals surface area contributed by atoms with Crippen molar-refractivity contribution in [2.45, 2.75) is 33.8 Å². The van der Waals surface area contributed by atoms with Gasteiger partial charge in [-0.05, 0) is 37.5 Å². The molecular formula is C14H19N3OS. The van der Waals surface area contributed by atoms with Crippen LogP contribution in [-0.4, -0.2) is 16.7 Å². The van der Waals surface area contributed by atoms with Gasteiger partial charge in [0.1, 0.15) is 12.4 Å². The van der Waals surface area contributed by atoms with Crippen molar-refractivity contribution in [2.75, 3.05) is 11.9 Å². The van der Waals surface area contributed by atoms with Crippen molar-refractivity contribution < 1.29 is 4.74 Å². The van der Waals surface area contributed by atoms with Gasteiger partial charge in [-0.1, -0.05) is 30.4 Å². The molecular weight excluding hydrogens is 258 g/mol. The van der Waals surface area contributed by atoms with Crippen LogP contribution in [-0.2, 0) is 6.61 Å². The highest BCUT2D eigenvalue weighted by Crippen LogP contribution is 2.22. The average molecular weight is 277 g/mol. The molecule has 2 aromatic rings. The molecule has 5 heteroatoms. The van der Waals surface area contributed by atoms with E-state index in [1.54, 1.807) is 11.3 Å². The summed E-state index contributed by atoms with van der Waals surface area (Å²) < 4.78 is 5.80. The van der Waals surface area contributed by atoms with Gasteiger partial charge in [-0.15, -0.1) is 10.2 Å². The molecule has 102 valence electrons. The minimum Gasteiger partial charge on any atom is -0.486 e. The number of aryl methyl sites for hydroxylation is 2. The topological polar surface area (TPSA) is 47.0 Å². The monoisotopic (exact) mass is 277 g/mol. The third kappa shape index (κ3) is 3.92. The van der Waals surface area contributed by atoms with E-state index in [4.69, 9.17) is 4.74 Å². The molecule has 4 nitrogen and oxygen atoms in total. The fourth-order valence-electron chi connectivity index (χ4n) is 1.62. The molecule has 1 aromatic heterocycles. The maximum absolute atomic E-state index is 5.80. The van der Waals surface area contributed by atoms with Crippen molar-refractivity contribution in [3.8, 4) is 5.75 Å². The molecule has 0 fully saturated rings. The van der Waals surface area contributed by atoms with Crippen LogP contribution in [0.1, 0.15) is 29.5 Å². The summed E-state index contributed by atoms with van der Waals surface area (Å²) in [5.74, 6) is 0.915. The third-order valence-corrected chi connectivity index (χ3v) is 3.54. The zero-order valence-corrected chi connectivity index (χ0v) is 12.4.